The molecule has 2 amide bonds. The zero-order chi connectivity index (χ0) is 17.9. The zero-order valence-electron chi connectivity index (χ0n) is 14.0. The summed E-state index contributed by atoms with van der Waals surface area (Å²) in [5.41, 5.74) is 3.29. The maximum absolute atomic E-state index is 12.1. The molecular weight excluding hydrogens is 312 g/mol. The molecule has 4 N–H and O–H groups in total. The maximum atomic E-state index is 12.1. The first kappa shape index (κ1) is 18.0. The molecule has 2 atom stereocenters. The molecule has 1 heterocycles. The van der Waals surface area contributed by atoms with E-state index in [4.69, 9.17) is 5.73 Å². The van der Waals surface area contributed by atoms with Crippen molar-refractivity contribution < 1.29 is 9.59 Å². The predicted octanol–water partition coefficient (Wildman–Crippen LogP) is -0.0335. The second-order valence-electron chi connectivity index (χ2n) is 6.79. The summed E-state index contributed by atoms with van der Waals surface area (Å²) in [6, 6.07) is 0.157. The Labute approximate surface area is 139 Å². The van der Waals surface area contributed by atoms with Crippen LogP contribution in [0.2, 0.25) is 0 Å². The second kappa shape index (κ2) is 7.46. The lowest BCUT2D eigenvalue weighted by molar-refractivity contribution is -0.122. The highest BCUT2D eigenvalue weighted by atomic mass is 16.2. The van der Waals surface area contributed by atoms with Gasteiger partial charge in [0.15, 0.2) is 0 Å². The van der Waals surface area contributed by atoms with Gasteiger partial charge >= 0.3 is 5.69 Å². The number of hydrogen-bond donors (Lipinski definition) is 3. The van der Waals surface area contributed by atoms with Crippen LogP contribution in [0, 0.1) is 11.8 Å². The van der Waals surface area contributed by atoms with E-state index in [-0.39, 0.29) is 30.5 Å². The van der Waals surface area contributed by atoms with Gasteiger partial charge in [0.2, 0.25) is 5.91 Å². The zero-order valence-corrected chi connectivity index (χ0v) is 14.0. The van der Waals surface area contributed by atoms with Crippen LogP contribution in [0.25, 0.3) is 0 Å². The van der Waals surface area contributed by atoms with Crippen LogP contribution in [0.1, 0.15) is 49.9 Å². The first-order valence-corrected chi connectivity index (χ1v) is 8.19. The summed E-state index contributed by atoms with van der Waals surface area (Å²) in [4.78, 5) is 48.5. The third-order valence-electron chi connectivity index (χ3n) is 4.40. The van der Waals surface area contributed by atoms with Crippen LogP contribution in [0.3, 0.4) is 0 Å². The van der Waals surface area contributed by atoms with Crippen LogP contribution in [0.4, 0.5) is 0 Å². The van der Waals surface area contributed by atoms with Crippen molar-refractivity contribution in [1.29, 1.82) is 0 Å². The molecule has 1 aromatic rings. The van der Waals surface area contributed by atoms with E-state index in [1.807, 2.05) is 4.98 Å². The number of carbonyl (C=O) groups is 2. The minimum atomic E-state index is -0.917. The monoisotopic (exact) mass is 336 g/mol. The molecule has 0 saturated heterocycles. The molecule has 1 aromatic heterocycles. The molecule has 2 rings (SSSR count). The van der Waals surface area contributed by atoms with Crippen molar-refractivity contribution in [2.45, 2.75) is 52.1 Å². The van der Waals surface area contributed by atoms with Crippen molar-refractivity contribution in [1.82, 2.24) is 14.9 Å². The van der Waals surface area contributed by atoms with Crippen LogP contribution in [0.15, 0.2) is 15.8 Å². The predicted molar refractivity (Wildman–Crippen MR) is 88.6 cm³/mol. The Morgan fingerprint density at radius 1 is 1.25 bits per heavy atom. The topological polar surface area (TPSA) is 127 Å². The van der Waals surface area contributed by atoms with Crippen molar-refractivity contribution in [3.05, 3.63) is 32.6 Å². The minimum absolute atomic E-state index is 0.0690. The first-order valence-electron chi connectivity index (χ1n) is 8.19. The number of aromatic nitrogens is 2. The van der Waals surface area contributed by atoms with Crippen molar-refractivity contribution in [3.8, 4) is 0 Å². The van der Waals surface area contributed by atoms with Crippen molar-refractivity contribution >= 4 is 11.8 Å². The van der Waals surface area contributed by atoms with Crippen LogP contribution >= 0.6 is 0 Å². The molecule has 0 spiro atoms. The first-order chi connectivity index (χ1) is 11.3. The summed E-state index contributed by atoms with van der Waals surface area (Å²) in [5, 5.41) is 3.00. The molecule has 1 saturated carbocycles. The number of rotatable bonds is 5. The number of H-pyrrole nitrogens is 1. The van der Waals surface area contributed by atoms with Gasteiger partial charge in [-0.2, -0.15) is 0 Å². The number of aromatic amines is 1. The smallest absolute Gasteiger partial charge is 0.328 e. The third kappa shape index (κ3) is 4.56. The lowest BCUT2D eigenvalue weighted by Gasteiger charge is -2.32. The summed E-state index contributed by atoms with van der Waals surface area (Å²) < 4.78 is 1.12. The number of nitrogens with two attached hydrogens (primary N) is 1. The molecule has 8 nitrogen and oxygen atoms in total. The average molecular weight is 336 g/mol. The van der Waals surface area contributed by atoms with Crippen LogP contribution in [-0.2, 0) is 11.3 Å². The van der Waals surface area contributed by atoms with Gasteiger partial charge in [-0.25, -0.2) is 4.79 Å². The van der Waals surface area contributed by atoms with Gasteiger partial charge in [-0.05, 0) is 31.1 Å². The van der Waals surface area contributed by atoms with E-state index < -0.39 is 17.2 Å². The number of aryl methyl sites for hydroxylation is 1. The van der Waals surface area contributed by atoms with Gasteiger partial charge < -0.3 is 11.1 Å². The molecule has 2 unspecified atom stereocenters. The van der Waals surface area contributed by atoms with Gasteiger partial charge in [-0.1, -0.05) is 13.8 Å². The lowest BCUT2D eigenvalue weighted by Crippen LogP contribution is -2.41. The van der Waals surface area contributed by atoms with E-state index >= 15 is 0 Å². The highest BCUT2D eigenvalue weighted by Gasteiger charge is 2.24. The number of hydrogen-bond acceptors (Lipinski definition) is 4. The van der Waals surface area contributed by atoms with Crippen molar-refractivity contribution in [3.63, 3.8) is 0 Å². The molecule has 0 aliphatic heterocycles. The van der Waals surface area contributed by atoms with Gasteiger partial charge in [0.05, 0.1) is 0 Å². The number of nitrogens with one attached hydrogen (secondary N) is 2. The third-order valence-corrected chi connectivity index (χ3v) is 4.40. The SMILES string of the molecule is CC1CC(C)CC(NC(=O)CCn2cc(C(N)=O)c(=O)[nH]c2=O)C1. The second-order valence-corrected chi connectivity index (χ2v) is 6.79. The molecule has 8 heteroatoms. The molecule has 0 bridgehead atoms. The maximum Gasteiger partial charge on any atom is 0.328 e. The summed E-state index contributed by atoms with van der Waals surface area (Å²) in [5.74, 6) is 0.0950. The molecular formula is C16H24N4O4. The van der Waals surface area contributed by atoms with E-state index in [2.05, 4.69) is 19.2 Å². The van der Waals surface area contributed by atoms with Crippen molar-refractivity contribution in [2.24, 2.45) is 17.6 Å². The summed E-state index contributed by atoms with van der Waals surface area (Å²) in [6.07, 6.45) is 4.28. The Hall–Kier alpha value is -2.38. The molecule has 0 radical (unpaired) electrons. The minimum Gasteiger partial charge on any atom is -0.365 e. The van der Waals surface area contributed by atoms with Crippen LogP contribution in [0.5, 0.6) is 0 Å². The Balaban J connectivity index is 1.97. The molecule has 1 fully saturated rings. The molecule has 1 aliphatic rings. The van der Waals surface area contributed by atoms with Gasteiger partial charge in [-0.15, -0.1) is 0 Å². The largest absolute Gasteiger partial charge is 0.365 e. The van der Waals surface area contributed by atoms with Gasteiger partial charge in [0, 0.05) is 25.2 Å². The van der Waals surface area contributed by atoms with Crippen molar-refractivity contribution in [2.75, 3.05) is 0 Å². The number of amides is 2. The Morgan fingerprint density at radius 3 is 2.46 bits per heavy atom. The van der Waals surface area contributed by atoms with Gasteiger partial charge in [-0.3, -0.25) is 23.9 Å². The van der Waals surface area contributed by atoms with Gasteiger partial charge in [0.1, 0.15) is 5.56 Å². The van der Waals surface area contributed by atoms with E-state index in [1.54, 1.807) is 0 Å². The van der Waals surface area contributed by atoms with Gasteiger partial charge in [0.25, 0.3) is 11.5 Å². The molecule has 24 heavy (non-hydrogen) atoms. The highest BCUT2D eigenvalue weighted by Crippen LogP contribution is 2.28. The number of nitrogens with zero attached hydrogens (tertiary/aromatic N) is 1. The lowest BCUT2D eigenvalue weighted by atomic mass is 9.80. The highest BCUT2D eigenvalue weighted by molar-refractivity contribution is 5.91. The van der Waals surface area contributed by atoms with Crippen LogP contribution < -0.4 is 22.3 Å². The Bertz CT molecular complexity index is 726. The fraction of sp³-hybridized carbons (Fsp3) is 0.625. The fourth-order valence-corrected chi connectivity index (χ4v) is 3.44. The van der Waals surface area contributed by atoms with E-state index in [1.165, 1.54) is 6.42 Å². The number of primary amides is 1. The molecule has 0 aromatic carbocycles. The van der Waals surface area contributed by atoms with E-state index in [0.717, 1.165) is 23.6 Å². The average Bonchev–Trinajstić information content (AvgIpc) is 2.44. The van der Waals surface area contributed by atoms with Crippen LogP contribution in [-0.4, -0.2) is 27.4 Å². The standard InChI is InChI=1S/C16H24N4O4/c1-9-5-10(2)7-11(6-9)18-13(21)3-4-20-8-12(14(17)22)15(23)19-16(20)24/h8-11H,3-7H2,1-2H3,(H2,17,22)(H,18,21)(H,19,23,24). The summed E-state index contributed by atoms with van der Waals surface area (Å²) in [6.45, 7) is 4.43. The summed E-state index contributed by atoms with van der Waals surface area (Å²) >= 11 is 0. The Kier molecular flexibility index (Phi) is 5.58. The fourth-order valence-electron chi connectivity index (χ4n) is 3.44. The normalized spacial score (nSPS) is 23.7. The van der Waals surface area contributed by atoms with E-state index in [0.29, 0.717) is 11.8 Å². The van der Waals surface area contributed by atoms with E-state index in [9.17, 15) is 19.2 Å². The Morgan fingerprint density at radius 2 is 1.88 bits per heavy atom. The summed E-state index contributed by atoms with van der Waals surface area (Å²) in [7, 11) is 0. The molecule has 1 aliphatic carbocycles. The number of carbonyl (C=O) groups excluding carboxylic acids is 2. The molecule has 132 valence electrons. The quantitative estimate of drug-likeness (QED) is 0.697.